The second-order valence-electron chi connectivity index (χ2n) is 4.77. The molecule has 2 aliphatic rings. The fourth-order valence-corrected chi connectivity index (χ4v) is 2.61. The van der Waals surface area contributed by atoms with Crippen LogP contribution >= 0.6 is 0 Å². The van der Waals surface area contributed by atoms with Crippen LogP contribution in [0.25, 0.3) is 0 Å². The van der Waals surface area contributed by atoms with Crippen molar-refractivity contribution in [2.24, 2.45) is 0 Å². The van der Waals surface area contributed by atoms with Crippen molar-refractivity contribution >= 4 is 11.8 Å². The van der Waals surface area contributed by atoms with Gasteiger partial charge in [-0.1, -0.05) is 19.3 Å². The van der Waals surface area contributed by atoms with Gasteiger partial charge in [0, 0.05) is 12.8 Å². The fraction of sp³-hybridized carbons (Fsp3) is 0.833. The highest BCUT2D eigenvalue weighted by Crippen LogP contribution is 2.50. The van der Waals surface area contributed by atoms with Gasteiger partial charge in [0.15, 0.2) is 11.4 Å². The molecule has 0 aromatic heterocycles. The van der Waals surface area contributed by atoms with Crippen LogP contribution in [0.2, 0.25) is 0 Å². The molecule has 1 heterocycles. The van der Waals surface area contributed by atoms with E-state index in [1.54, 1.807) is 0 Å². The summed E-state index contributed by atoms with van der Waals surface area (Å²) < 4.78 is 5.45. The molecule has 2 fully saturated rings. The maximum atomic E-state index is 11.5. The summed E-state index contributed by atoms with van der Waals surface area (Å²) in [6.07, 6.45) is 6.52. The summed E-state index contributed by atoms with van der Waals surface area (Å²) in [4.78, 5) is 21.8. The van der Waals surface area contributed by atoms with E-state index in [4.69, 9.17) is 9.84 Å². The van der Waals surface area contributed by atoms with Crippen molar-refractivity contribution in [3.8, 4) is 0 Å². The first-order valence-corrected chi connectivity index (χ1v) is 6.08. The first-order chi connectivity index (χ1) is 7.65. The number of Topliss-reactive ketones (excluding diaryl/α,β-unsaturated/α-hetero) is 1. The summed E-state index contributed by atoms with van der Waals surface area (Å²) in [7, 11) is 0. The summed E-state index contributed by atoms with van der Waals surface area (Å²) in [5.74, 6) is -0.446. The van der Waals surface area contributed by atoms with Crippen LogP contribution in [-0.2, 0) is 14.3 Å². The van der Waals surface area contributed by atoms with Crippen LogP contribution in [-0.4, -0.2) is 28.6 Å². The van der Waals surface area contributed by atoms with Gasteiger partial charge in [0.1, 0.15) is 0 Å². The number of ketones is 1. The van der Waals surface area contributed by atoms with Gasteiger partial charge in [-0.05, 0) is 19.3 Å². The Morgan fingerprint density at radius 2 is 2.12 bits per heavy atom. The minimum atomic E-state index is -0.727. The van der Waals surface area contributed by atoms with E-state index in [-0.39, 0.29) is 18.3 Å². The van der Waals surface area contributed by atoms with E-state index >= 15 is 0 Å². The van der Waals surface area contributed by atoms with Crippen molar-refractivity contribution in [2.75, 3.05) is 0 Å². The topological polar surface area (TPSA) is 66.9 Å². The molecule has 2 rings (SSSR count). The highest BCUT2D eigenvalue weighted by molar-refractivity contribution is 5.93. The highest BCUT2D eigenvalue weighted by atomic mass is 16.6. The number of hydrogen-bond acceptors (Lipinski definition) is 3. The Balaban J connectivity index is 1.56. The fourth-order valence-electron chi connectivity index (χ4n) is 2.61. The molecule has 0 aromatic carbocycles. The van der Waals surface area contributed by atoms with E-state index < -0.39 is 11.6 Å². The molecule has 0 radical (unpaired) electrons. The van der Waals surface area contributed by atoms with Gasteiger partial charge in [-0.2, -0.15) is 0 Å². The van der Waals surface area contributed by atoms with Gasteiger partial charge in [0.2, 0.25) is 0 Å². The number of carbonyl (C=O) groups excluding carboxylic acids is 1. The van der Waals surface area contributed by atoms with Gasteiger partial charge >= 0.3 is 5.97 Å². The van der Waals surface area contributed by atoms with Crippen LogP contribution in [0, 0.1) is 0 Å². The van der Waals surface area contributed by atoms with E-state index in [9.17, 15) is 9.59 Å². The molecule has 0 aromatic rings. The Morgan fingerprint density at radius 3 is 2.69 bits per heavy atom. The van der Waals surface area contributed by atoms with E-state index in [2.05, 4.69) is 0 Å². The van der Waals surface area contributed by atoms with E-state index in [0.717, 1.165) is 38.5 Å². The van der Waals surface area contributed by atoms with E-state index in [1.165, 1.54) is 0 Å². The zero-order valence-electron chi connectivity index (χ0n) is 9.41. The number of carboxylic acid groups (broad SMARTS) is 1. The summed E-state index contributed by atoms with van der Waals surface area (Å²) in [6.45, 7) is 0. The third kappa shape index (κ3) is 2.26. The summed E-state index contributed by atoms with van der Waals surface area (Å²) >= 11 is 0. The van der Waals surface area contributed by atoms with Crippen LogP contribution in [0.15, 0.2) is 0 Å². The highest BCUT2D eigenvalue weighted by Gasteiger charge is 2.64. The van der Waals surface area contributed by atoms with Crippen LogP contribution in [0.3, 0.4) is 0 Å². The molecule has 0 bridgehead atoms. The monoisotopic (exact) mass is 226 g/mol. The first kappa shape index (κ1) is 11.6. The van der Waals surface area contributed by atoms with E-state index in [1.807, 2.05) is 0 Å². The summed E-state index contributed by atoms with van der Waals surface area (Å²) in [5.41, 5.74) is -0.396. The number of rotatable bonds is 7. The van der Waals surface area contributed by atoms with Crippen LogP contribution in [0.4, 0.5) is 0 Å². The van der Waals surface area contributed by atoms with Gasteiger partial charge in [0.25, 0.3) is 0 Å². The molecule has 1 aliphatic heterocycles. The van der Waals surface area contributed by atoms with Crippen molar-refractivity contribution in [3.63, 3.8) is 0 Å². The number of unbranched alkanes of at least 4 members (excludes halogenated alkanes) is 3. The van der Waals surface area contributed by atoms with Gasteiger partial charge in [0.05, 0.1) is 6.10 Å². The number of aliphatic carboxylic acids is 1. The molecule has 1 saturated carbocycles. The third-order valence-corrected chi connectivity index (χ3v) is 3.61. The summed E-state index contributed by atoms with van der Waals surface area (Å²) in [6, 6.07) is 0. The maximum Gasteiger partial charge on any atom is 0.303 e. The van der Waals surface area contributed by atoms with Gasteiger partial charge in [-0.15, -0.1) is 0 Å². The molecular weight excluding hydrogens is 208 g/mol. The second-order valence-corrected chi connectivity index (χ2v) is 4.77. The van der Waals surface area contributed by atoms with Crippen LogP contribution in [0.5, 0.6) is 0 Å². The number of epoxide rings is 1. The minimum absolute atomic E-state index is 0.207. The number of fused-ring (bicyclic) bond motifs is 1. The average molecular weight is 226 g/mol. The van der Waals surface area contributed by atoms with Gasteiger partial charge in [-0.25, -0.2) is 0 Å². The number of carbonyl (C=O) groups is 2. The Morgan fingerprint density at radius 1 is 1.38 bits per heavy atom. The number of hydrogen-bond donors (Lipinski definition) is 1. The van der Waals surface area contributed by atoms with Crippen molar-refractivity contribution in [1.29, 1.82) is 0 Å². The lowest BCUT2D eigenvalue weighted by Gasteiger charge is -2.06. The molecule has 0 spiro atoms. The maximum absolute atomic E-state index is 11.5. The normalized spacial score (nSPS) is 31.5. The minimum Gasteiger partial charge on any atom is -0.481 e. The predicted molar refractivity (Wildman–Crippen MR) is 57.2 cm³/mol. The molecule has 4 nitrogen and oxygen atoms in total. The van der Waals surface area contributed by atoms with Crippen molar-refractivity contribution in [3.05, 3.63) is 0 Å². The van der Waals surface area contributed by atoms with Gasteiger partial charge in [-0.3, -0.25) is 9.59 Å². The van der Waals surface area contributed by atoms with Crippen LogP contribution in [0.1, 0.15) is 51.4 Å². The molecule has 1 saturated heterocycles. The third-order valence-electron chi connectivity index (χ3n) is 3.61. The molecule has 0 amide bonds. The van der Waals surface area contributed by atoms with Crippen molar-refractivity contribution in [2.45, 2.75) is 63.1 Å². The molecule has 1 N–H and O–H groups in total. The largest absolute Gasteiger partial charge is 0.481 e. The molecule has 1 aliphatic carbocycles. The van der Waals surface area contributed by atoms with E-state index in [0.29, 0.717) is 6.42 Å². The Bertz CT molecular complexity index is 299. The molecular formula is C12H18O4. The number of ether oxygens (including phenoxy) is 1. The molecule has 90 valence electrons. The summed E-state index contributed by atoms with van der Waals surface area (Å²) in [5, 5.41) is 8.46. The predicted octanol–water partition coefficient (Wildman–Crippen LogP) is 1.91. The first-order valence-electron chi connectivity index (χ1n) is 6.08. The molecule has 4 heteroatoms. The Labute approximate surface area is 95.0 Å². The molecule has 16 heavy (non-hydrogen) atoms. The Hall–Kier alpha value is -0.900. The second kappa shape index (κ2) is 4.53. The Kier molecular flexibility index (Phi) is 3.28. The van der Waals surface area contributed by atoms with Crippen molar-refractivity contribution in [1.82, 2.24) is 0 Å². The quantitative estimate of drug-likeness (QED) is 0.532. The van der Waals surface area contributed by atoms with Crippen molar-refractivity contribution < 1.29 is 19.4 Å². The lowest BCUT2D eigenvalue weighted by Crippen LogP contribution is -2.21. The SMILES string of the molecule is O=C(O)CCCCCCC12OC1CCC2=O. The lowest BCUT2D eigenvalue weighted by atomic mass is 9.97. The van der Waals surface area contributed by atoms with Gasteiger partial charge < -0.3 is 9.84 Å². The zero-order valence-corrected chi connectivity index (χ0v) is 9.41. The van der Waals surface area contributed by atoms with Crippen LogP contribution < -0.4 is 0 Å². The number of carboxylic acids is 1. The molecule has 2 unspecified atom stereocenters. The smallest absolute Gasteiger partial charge is 0.303 e. The standard InChI is InChI=1S/C12H18O4/c13-9-6-7-10-12(9,16-10)8-4-2-1-3-5-11(14)15/h10H,1-8H2,(H,14,15). The zero-order chi connectivity index (χ0) is 11.6. The molecule has 2 atom stereocenters. The average Bonchev–Trinajstić information content (AvgIpc) is 2.87. The lowest BCUT2D eigenvalue weighted by molar-refractivity contribution is -0.137.